The SMILES string of the molecule is O=C(NCCc1ccccn1)c1cc2scc(Br)c2n1Cc1ccc(F)cc1. The number of hydrogen-bond acceptors (Lipinski definition) is 3. The van der Waals surface area contributed by atoms with Gasteiger partial charge in [0.1, 0.15) is 11.5 Å². The summed E-state index contributed by atoms with van der Waals surface area (Å²) in [7, 11) is 0. The number of benzene rings is 1. The molecule has 0 fully saturated rings. The number of hydrogen-bond donors (Lipinski definition) is 1. The Morgan fingerprint density at radius 3 is 2.79 bits per heavy atom. The minimum absolute atomic E-state index is 0.131. The molecule has 3 heterocycles. The second-order valence-corrected chi connectivity index (χ2v) is 8.13. The molecule has 0 aliphatic heterocycles. The lowest BCUT2D eigenvalue weighted by molar-refractivity contribution is 0.0945. The molecule has 0 atom stereocenters. The van der Waals surface area contributed by atoms with Crippen LogP contribution in [0.15, 0.2) is 64.6 Å². The standard InChI is InChI=1S/C21H17BrFN3OS/c22-17-13-28-19-11-18(21(27)25-10-8-16-3-1-2-9-24-16)26(20(17)19)12-14-4-6-15(23)7-5-14/h1-7,9,11,13H,8,10,12H2,(H,25,27). The summed E-state index contributed by atoms with van der Waals surface area (Å²) in [6.07, 6.45) is 2.42. The van der Waals surface area contributed by atoms with Gasteiger partial charge in [-0.25, -0.2) is 4.39 Å². The van der Waals surface area contributed by atoms with Gasteiger partial charge in [-0.15, -0.1) is 11.3 Å². The molecule has 0 saturated heterocycles. The molecule has 0 aliphatic carbocycles. The van der Waals surface area contributed by atoms with Crippen molar-refractivity contribution in [1.82, 2.24) is 14.9 Å². The van der Waals surface area contributed by atoms with E-state index in [4.69, 9.17) is 0 Å². The van der Waals surface area contributed by atoms with Crippen LogP contribution in [0.25, 0.3) is 10.2 Å². The highest BCUT2D eigenvalue weighted by Crippen LogP contribution is 2.33. The second kappa shape index (κ2) is 8.24. The van der Waals surface area contributed by atoms with Gasteiger partial charge >= 0.3 is 0 Å². The lowest BCUT2D eigenvalue weighted by Crippen LogP contribution is -2.28. The van der Waals surface area contributed by atoms with E-state index >= 15 is 0 Å². The summed E-state index contributed by atoms with van der Waals surface area (Å²) >= 11 is 5.16. The fourth-order valence-electron chi connectivity index (χ4n) is 3.10. The Bertz CT molecular complexity index is 1110. The van der Waals surface area contributed by atoms with Crippen molar-refractivity contribution < 1.29 is 9.18 Å². The van der Waals surface area contributed by atoms with Gasteiger partial charge in [0, 0.05) is 36.8 Å². The smallest absolute Gasteiger partial charge is 0.267 e. The molecule has 7 heteroatoms. The minimum atomic E-state index is -0.273. The van der Waals surface area contributed by atoms with Crippen LogP contribution in [0.1, 0.15) is 21.7 Å². The number of rotatable bonds is 6. The third-order valence-electron chi connectivity index (χ3n) is 4.46. The second-order valence-electron chi connectivity index (χ2n) is 6.37. The first kappa shape index (κ1) is 18.8. The highest BCUT2D eigenvalue weighted by atomic mass is 79.9. The molecule has 4 nitrogen and oxygen atoms in total. The molecule has 0 aliphatic rings. The third kappa shape index (κ3) is 4.00. The largest absolute Gasteiger partial charge is 0.350 e. The number of aromatic nitrogens is 2. The average Bonchev–Trinajstić information content (AvgIpc) is 3.25. The Hall–Kier alpha value is -2.51. The molecule has 3 aromatic heterocycles. The molecule has 0 saturated carbocycles. The molecule has 0 unspecified atom stereocenters. The number of halogens is 2. The normalized spacial score (nSPS) is 11.1. The number of pyridine rings is 1. The lowest BCUT2D eigenvalue weighted by atomic mass is 10.2. The first-order valence-corrected chi connectivity index (χ1v) is 10.5. The van der Waals surface area contributed by atoms with Gasteiger partial charge in [-0.3, -0.25) is 9.78 Å². The van der Waals surface area contributed by atoms with Crippen LogP contribution in [-0.2, 0) is 13.0 Å². The van der Waals surface area contributed by atoms with Crippen molar-refractivity contribution in [2.45, 2.75) is 13.0 Å². The summed E-state index contributed by atoms with van der Waals surface area (Å²) in [4.78, 5) is 17.1. The van der Waals surface area contributed by atoms with E-state index in [0.29, 0.717) is 25.2 Å². The molecule has 142 valence electrons. The zero-order chi connectivity index (χ0) is 19.5. The summed E-state index contributed by atoms with van der Waals surface area (Å²) in [5.74, 6) is -0.404. The molecule has 4 rings (SSSR count). The fourth-order valence-corrected chi connectivity index (χ4v) is 4.79. The Balaban J connectivity index is 1.57. The van der Waals surface area contributed by atoms with Gasteiger partial charge in [-0.2, -0.15) is 0 Å². The van der Waals surface area contributed by atoms with Gasteiger partial charge in [0.15, 0.2) is 0 Å². The molecule has 0 spiro atoms. The summed E-state index contributed by atoms with van der Waals surface area (Å²) in [5, 5.41) is 4.99. The number of carbonyl (C=O) groups is 1. The molecule has 28 heavy (non-hydrogen) atoms. The lowest BCUT2D eigenvalue weighted by Gasteiger charge is -2.11. The molecule has 0 radical (unpaired) electrons. The van der Waals surface area contributed by atoms with Gasteiger partial charge in [-0.05, 0) is 51.8 Å². The number of fused-ring (bicyclic) bond motifs is 1. The van der Waals surface area contributed by atoms with Crippen LogP contribution in [0.3, 0.4) is 0 Å². The highest BCUT2D eigenvalue weighted by Gasteiger charge is 2.19. The topological polar surface area (TPSA) is 46.9 Å². The average molecular weight is 458 g/mol. The van der Waals surface area contributed by atoms with Crippen molar-refractivity contribution in [1.29, 1.82) is 0 Å². The maximum absolute atomic E-state index is 13.2. The third-order valence-corrected chi connectivity index (χ3v) is 6.28. The number of thiophene rings is 1. The van der Waals surface area contributed by atoms with Crippen LogP contribution in [0.5, 0.6) is 0 Å². The van der Waals surface area contributed by atoms with Gasteiger partial charge in [0.05, 0.1) is 14.7 Å². The summed E-state index contributed by atoms with van der Waals surface area (Å²) in [5.41, 5.74) is 3.44. The molecule has 0 bridgehead atoms. The van der Waals surface area contributed by atoms with E-state index in [0.717, 1.165) is 25.9 Å². The Kier molecular flexibility index (Phi) is 5.54. The predicted molar refractivity (Wildman–Crippen MR) is 113 cm³/mol. The van der Waals surface area contributed by atoms with E-state index in [1.807, 2.05) is 34.2 Å². The van der Waals surface area contributed by atoms with Crippen molar-refractivity contribution in [3.63, 3.8) is 0 Å². The Labute approximate surface area is 174 Å². The van der Waals surface area contributed by atoms with E-state index in [-0.39, 0.29) is 11.7 Å². The van der Waals surface area contributed by atoms with E-state index in [1.165, 1.54) is 12.1 Å². The molecular formula is C21H17BrFN3OS. The van der Waals surface area contributed by atoms with Crippen molar-refractivity contribution in [2.75, 3.05) is 6.54 Å². The maximum Gasteiger partial charge on any atom is 0.267 e. The van der Waals surface area contributed by atoms with Crippen LogP contribution in [0, 0.1) is 5.82 Å². The van der Waals surface area contributed by atoms with Crippen LogP contribution >= 0.6 is 27.3 Å². The zero-order valence-corrected chi connectivity index (χ0v) is 17.3. The van der Waals surface area contributed by atoms with E-state index in [1.54, 1.807) is 29.7 Å². The quantitative estimate of drug-likeness (QED) is 0.441. The molecule has 1 aromatic carbocycles. The Morgan fingerprint density at radius 2 is 2.04 bits per heavy atom. The van der Waals surface area contributed by atoms with Crippen LogP contribution in [-0.4, -0.2) is 22.0 Å². The number of amides is 1. The van der Waals surface area contributed by atoms with E-state index < -0.39 is 0 Å². The van der Waals surface area contributed by atoms with Gasteiger partial charge in [-0.1, -0.05) is 18.2 Å². The number of nitrogens with zero attached hydrogens (tertiary/aromatic N) is 2. The molecule has 4 aromatic rings. The number of carbonyl (C=O) groups excluding carboxylic acids is 1. The molecular weight excluding hydrogens is 441 g/mol. The van der Waals surface area contributed by atoms with Crippen LogP contribution in [0.2, 0.25) is 0 Å². The highest BCUT2D eigenvalue weighted by molar-refractivity contribution is 9.10. The summed E-state index contributed by atoms with van der Waals surface area (Å²) < 4.78 is 17.2. The summed E-state index contributed by atoms with van der Waals surface area (Å²) in [6, 6.07) is 14.0. The van der Waals surface area contributed by atoms with Crippen molar-refractivity contribution >= 4 is 43.4 Å². The van der Waals surface area contributed by atoms with Gasteiger partial charge < -0.3 is 9.88 Å². The van der Waals surface area contributed by atoms with Gasteiger partial charge in [0.25, 0.3) is 5.91 Å². The van der Waals surface area contributed by atoms with Crippen LogP contribution < -0.4 is 5.32 Å². The fraction of sp³-hybridized carbons (Fsp3) is 0.143. The molecule has 1 amide bonds. The van der Waals surface area contributed by atoms with Crippen molar-refractivity contribution in [3.05, 3.63) is 87.3 Å². The maximum atomic E-state index is 13.2. The first-order valence-electron chi connectivity index (χ1n) is 8.80. The number of nitrogens with one attached hydrogen (secondary N) is 1. The Morgan fingerprint density at radius 1 is 1.21 bits per heavy atom. The molecule has 1 N–H and O–H groups in total. The van der Waals surface area contributed by atoms with Gasteiger partial charge in [0.2, 0.25) is 0 Å². The minimum Gasteiger partial charge on any atom is -0.350 e. The van der Waals surface area contributed by atoms with E-state index in [2.05, 4.69) is 26.2 Å². The van der Waals surface area contributed by atoms with Crippen LogP contribution in [0.4, 0.5) is 4.39 Å². The predicted octanol–water partition coefficient (Wildman–Crippen LogP) is 5.02. The monoisotopic (exact) mass is 457 g/mol. The van der Waals surface area contributed by atoms with Crippen molar-refractivity contribution in [3.8, 4) is 0 Å². The van der Waals surface area contributed by atoms with Crippen molar-refractivity contribution in [2.24, 2.45) is 0 Å². The summed E-state index contributed by atoms with van der Waals surface area (Å²) in [6.45, 7) is 0.995. The zero-order valence-electron chi connectivity index (χ0n) is 14.9. The van der Waals surface area contributed by atoms with E-state index in [9.17, 15) is 9.18 Å². The first-order chi connectivity index (χ1) is 13.6.